The second-order valence-electron chi connectivity index (χ2n) is 9.55. The number of carbonyl (C=O) groups excluding carboxylic acids is 2. The van der Waals surface area contributed by atoms with E-state index in [-0.39, 0.29) is 17.2 Å². The van der Waals surface area contributed by atoms with Crippen LogP contribution in [0.1, 0.15) is 48.9 Å². The second-order valence-corrected chi connectivity index (χ2v) is 10.5. The molecular weight excluding hydrogens is 440 g/mol. The summed E-state index contributed by atoms with van der Waals surface area (Å²) in [6, 6.07) is 16.3. The molecule has 0 saturated heterocycles. The Morgan fingerprint density at radius 3 is 2.00 bits per heavy atom. The number of nitrogens with one attached hydrogen (secondary N) is 2. The molecule has 2 N–H and O–H groups in total. The van der Waals surface area contributed by atoms with Crippen molar-refractivity contribution in [3.05, 3.63) is 64.6 Å². The molecule has 4 aliphatic rings. The predicted octanol–water partition coefficient (Wildman–Crippen LogP) is 5.40. The minimum atomic E-state index is -0.512. The minimum Gasteiger partial charge on any atom is -0.340 e. The van der Waals surface area contributed by atoms with E-state index in [0.717, 1.165) is 29.4 Å². The second kappa shape index (κ2) is 7.84. The summed E-state index contributed by atoms with van der Waals surface area (Å²) in [7, 11) is 0. The quantitative estimate of drug-likeness (QED) is 0.619. The lowest BCUT2D eigenvalue weighted by Gasteiger charge is -2.58. The fourth-order valence-corrected chi connectivity index (χ4v) is 6.84. The third-order valence-electron chi connectivity index (χ3n) is 7.38. The Morgan fingerprint density at radius 1 is 0.867 bits per heavy atom. The van der Waals surface area contributed by atoms with Crippen molar-refractivity contribution in [3.8, 4) is 0 Å². The normalized spacial score (nSPS) is 30.0. The van der Waals surface area contributed by atoms with Gasteiger partial charge in [0.2, 0.25) is 5.91 Å². The Bertz CT molecular complexity index is 906. The third kappa shape index (κ3) is 3.80. The molecule has 2 aromatic rings. The number of hydrogen-bond donors (Lipinski definition) is 2. The molecule has 2 amide bonds. The van der Waals surface area contributed by atoms with E-state index >= 15 is 0 Å². The zero-order valence-corrected chi connectivity index (χ0v) is 18.5. The Hall–Kier alpha value is -2.14. The van der Waals surface area contributed by atoms with Crippen LogP contribution in [-0.4, -0.2) is 17.9 Å². The van der Waals surface area contributed by atoms with Crippen molar-refractivity contribution in [1.29, 1.82) is 0 Å². The first-order valence-electron chi connectivity index (χ1n) is 10.9. The number of hydrogen-bond acceptors (Lipinski definition) is 2. The molecule has 156 valence electrons. The molecule has 30 heavy (non-hydrogen) atoms. The average molecular weight is 467 g/mol. The van der Waals surface area contributed by atoms with Crippen LogP contribution in [-0.2, 0) is 4.79 Å². The van der Waals surface area contributed by atoms with Gasteiger partial charge in [-0.1, -0.05) is 34.1 Å². The summed E-state index contributed by atoms with van der Waals surface area (Å²) >= 11 is 3.44. The molecular formula is C25H27BrN2O2. The van der Waals surface area contributed by atoms with Gasteiger partial charge < -0.3 is 10.6 Å². The summed E-state index contributed by atoms with van der Waals surface area (Å²) in [6.07, 6.45) is 7.04. The van der Waals surface area contributed by atoms with Crippen molar-refractivity contribution < 1.29 is 9.59 Å². The van der Waals surface area contributed by atoms with E-state index in [0.29, 0.717) is 23.3 Å². The summed E-state index contributed by atoms with van der Waals surface area (Å²) in [5.74, 6) is 1.85. The summed E-state index contributed by atoms with van der Waals surface area (Å²) in [4.78, 5) is 26.6. The van der Waals surface area contributed by atoms with Crippen molar-refractivity contribution in [2.24, 2.45) is 23.2 Å². The molecule has 4 nitrogen and oxygen atoms in total. The van der Waals surface area contributed by atoms with Crippen LogP contribution >= 0.6 is 15.9 Å². The smallest absolute Gasteiger partial charge is 0.251 e. The maximum Gasteiger partial charge on any atom is 0.251 e. The molecule has 0 aliphatic heterocycles. The molecule has 0 spiro atoms. The van der Waals surface area contributed by atoms with Gasteiger partial charge >= 0.3 is 0 Å². The first kappa shape index (κ1) is 19.8. The topological polar surface area (TPSA) is 58.2 Å². The highest BCUT2D eigenvalue weighted by molar-refractivity contribution is 9.10. The van der Waals surface area contributed by atoms with Gasteiger partial charge in [-0.25, -0.2) is 0 Å². The van der Waals surface area contributed by atoms with E-state index in [2.05, 4.69) is 26.6 Å². The highest BCUT2D eigenvalue weighted by Gasteiger charge is 2.56. The molecule has 0 unspecified atom stereocenters. The molecule has 4 saturated carbocycles. The third-order valence-corrected chi connectivity index (χ3v) is 7.91. The largest absolute Gasteiger partial charge is 0.340 e. The predicted molar refractivity (Wildman–Crippen MR) is 121 cm³/mol. The van der Waals surface area contributed by atoms with Gasteiger partial charge in [0.15, 0.2) is 0 Å². The lowest BCUT2D eigenvalue weighted by molar-refractivity contribution is -0.129. The molecule has 5 heteroatoms. The number of anilines is 1. The molecule has 4 fully saturated rings. The summed E-state index contributed by atoms with van der Waals surface area (Å²) < 4.78 is 0.968. The van der Waals surface area contributed by atoms with Crippen LogP contribution in [0.4, 0.5) is 5.69 Å². The Kier molecular flexibility index (Phi) is 5.18. The molecule has 0 aromatic heterocycles. The van der Waals surface area contributed by atoms with Gasteiger partial charge in [-0.15, -0.1) is 0 Å². The molecule has 4 aliphatic carbocycles. The van der Waals surface area contributed by atoms with Gasteiger partial charge in [-0.05, 0) is 92.7 Å². The van der Waals surface area contributed by atoms with Gasteiger partial charge in [0.25, 0.3) is 5.91 Å². The monoisotopic (exact) mass is 466 g/mol. The van der Waals surface area contributed by atoms with Crippen molar-refractivity contribution >= 4 is 33.4 Å². The Morgan fingerprint density at radius 2 is 1.43 bits per heavy atom. The van der Waals surface area contributed by atoms with Crippen molar-refractivity contribution in [2.75, 3.05) is 5.32 Å². The number of rotatable bonds is 5. The molecule has 0 heterocycles. The first-order valence-corrected chi connectivity index (χ1v) is 11.7. The minimum absolute atomic E-state index is 0.0939. The van der Waals surface area contributed by atoms with Crippen LogP contribution in [0.2, 0.25) is 0 Å². The van der Waals surface area contributed by atoms with Crippen molar-refractivity contribution in [2.45, 2.75) is 44.6 Å². The standard InChI is InChI=1S/C25H27BrN2O2/c26-20-6-8-21(9-7-20)27-24(30)22(28-23(29)19-4-2-1-3-5-19)25-13-16-10-17(14-25)12-18(11-16)15-25/h1-9,16-18,22H,10-15H2,(H,27,30)(H,28,29)/t16?,17?,18?,22-,25?/m1/s1. The van der Waals surface area contributed by atoms with Gasteiger partial charge in [-0.3, -0.25) is 9.59 Å². The van der Waals surface area contributed by atoms with E-state index in [9.17, 15) is 9.59 Å². The number of benzene rings is 2. The van der Waals surface area contributed by atoms with Crippen molar-refractivity contribution in [3.63, 3.8) is 0 Å². The number of carbonyl (C=O) groups is 2. The van der Waals surface area contributed by atoms with E-state index in [1.807, 2.05) is 42.5 Å². The van der Waals surface area contributed by atoms with Crippen LogP contribution in [0.3, 0.4) is 0 Å². The van der Waals surface area contributed by atoms with E-state index < -0.39 is 6.04 Å². The molecule has 2 aromatic carbocycles. The molecule has 4 bridgehead atoms. The van der Waals surface area contributed by atoms with Crippen LogP contribution in [0.25, 0.3) is 0 Å². The lowest BCUT2D eigenvalue weighted by atomic mass is 9.47. The maximum atomic E-state index is 13.5. The average Bonchev–Trinajstić information content (AvgIpc) is 2.73. The number of amides is 2. The fraction of sp³-hybridized carbons (Fsp3) is 0.440. The fourth-order valence-electron chi connectivity index (χ4n) is 6.58. The molecule has 0 radical (unpaired) electrons. The molecule has 6 rings (SSSR count). The van der Waals surface area contributed by atoms with Crippen LogP contribution in [0.15, 0.2) is 59.1 Å². The van der Waals surface area contributed by atoms with E-state index in [4.69, 9.17) is 0 Å². The van der Waals surface area contributed by atoms with E-state index in [1.54, 1.807) is 12.1 Å². The Labute approximate surface area is 186 Å². The van der Waals surface area contributed by atoms with Gasteiger partial charge in [-0.2, -0.15) is 0 Å². The SMILES string of the molecule is O=C(N[C@H](C(=O)Nc1ccc(Br)cc1)C12CC3CC(CC(C3)C1)C2)c1ccccc1. The summed E-state index contributed by atoms with van der Waals surface area (Å²) in [6.45, 7) is 0. The van der Waals surface area contributed by atoms with Gasteiger partial charge in [0.1, 0.15) is 6.04 Å². The zero-order valence-electron chi connectivity index (χ0n) is 16.9. The number of halogens is 1. The summed E-state index contributed by atoms with van der Waals surface area (Å²) in [5.41, 5.74) is 1.23. The molecule has 1 atom stereocenters. The first-order chi connectivity index (χ1) is 14.5. The van der Waals surface area contributed by atoms with Gasteiger partial charge in [0.05, 0.1) is 0 Å². The van der Waals surface area contributed by atoms with Crippen LogP contribution < -0.4 is 10.6 Å². The van der Waals surface area contributed by atoms with Crippen LogP contribution in [0, 0.1) is 23.2 Å². The Balaban J connectivity index is 1.43. The van der Waals surface area contributed by atoms with Gasteiger partial charge in [0, 0.05) is 21.1 Å². The zero-order chi connectivity index (χ0) is 20.7. The maximum absolute atomic E-state index is 13.5. The summed E-state index contributed by atoms with van der Waals surface area (Å²) in [5, 5.41) is 6.24. The highest BCUT2D eigenvalue weighted by atomic mass is 79.9. The lowest BCUT2D eigenvalue weighted by Crippen LogP contribution is -2.61. The van der Waals surface area contributed by atoms with Crippen LogP contribution in [0.5, 0.6) is 0 Å². The van der Waals surface area contributed by atoms with E-state index in [1.165, 1.54) is 19.3 Å². The van der Waals surface area contributed by atoms with Crippen molar-refractivity contribution in [1.82, 2.24) is 5.32 Å². The highest BCUT2D eigenvalue weighted by Crippen LogP contribution is 2.61.